The van der Waals surface area contributed by atoms with E-state index in [0.717, 1.165) is 77.2 Å². The summed E-state index contributed by atoms with van der Waals surface area (Å²) in [5.74, 6) is 1.06. The van der Waals surface area contributed by atoms with Gasteiger partial charge in [0.15, 0.2) is 5.96 Å². The van der Waals surface area contributed by atoms with E-state index in [4.69, 9.17) is 4.99 Å². The van der Waals surface area contributed by atoms with Crippen LogP contribution in [0.3, 0.4) is 0 Å². The van der Waals surface area contributed by atoms with Crippen molar-refractivity contribution in [2.75, 3.05) is 53.4 Å². The predicted octanol–water partition coefficient (Wildman–Crippen LogP) is 2.29. The highest BCUT2D eigenvalue weighted by molar-refractivity contribution is 14.0. The third-order valence-corrected chi connectivity index (χ3v) is 6.06. The van der Waals surface area contributed by atoms with Crippen LogP contribution >= 0.6 is 24.0 Å². The Morgan fingerprint density at radius 2 is 1.93 bits per heavy atom. The van der Waals surface area contributed by atoms with Crippen molar-refractivity contribution in [3.63, 3.8) is 0 Å². The first-order valence-electron chi connectivity index (χ1n) is 11.0. The molecule has 1 unspecified atom stereocenters. The Kier molecular flexibility index (Phi) is 14.9. The molecule has 7 nitrogen and oxygen atoms in total. The summed E-state index contributed by atoms with van der Waals surface area (Å²) in [6.45, 7) is 10.9. The van der Waals surface area contributed by atoms with Crippen LogP contribution in [0.2, 0.25) is 0 Å². The van der Waals surface area contributed by atoms with Gasteiger partial charge in [-0.2, -0.15) is 0 Å². The van der Waals surface area contributed by atoms with Gasteiger partial charge in [0.05, 0.1) is 6.04 Å². The normalized spacial score (nSPS) is 17.7. The van der Waals surface area contributed by atoms with Crippen LogP contribution in [-0.2, 0) is 4.79 Å². The lowest BCUT2D eigenvalue weighted by atomic mass is 9.79. The second-order valence-electron chi connectivity index (χ2n) is 8.08. The average molecular weight is 526 g/mol. The number of aliphatic imine (C=N–C) groups is 1. The van der Waals surface area contributed by atoms with E-state index in [0.29, 0.717) is 0 Å². The monoisotopic (exact) mass is 525 g/mol. The van der Waals surface area contributed by atoms with Crippen LogP contribution in [-0.4, -0.2) is 86.2 Å². The van der Waals surface area contributed by atoms with Crippen molar-refractivity contribution in [1.29, 1.82) is 0 Å². The lowest BCUT2D eigenvalue weighted by molar-refractivity contribution is -0.133. The summed E-state index contributed by atoms with van der Waals surface area (Å²) < 4.78 is 0. The van der Waals surface area contributed by atoms with Crippen molar-refractivity contribution in [2.24, 2.45) is 10.4 Å². The number of likely N-dealkylation sites (tertiary alicyclic amines) is 1. The molecular weight excluding hydrogens is 481 g/mol. The van der Waals surface area contributed by atoms with Crippen molar-refractivity contribution in [2.45, 2.75) is 65.3 Å². The van der Waals surface area contributed by atoms with Gasteiger partial charge < -0.3 is 20.6 Å². The third kappa shape index (κ3) is 9.38. The maximum atomic E-state index is 12.3. The number of carbonyl (C=O) groups excluding carboxylic acids is 1. The summed E-state index contributed by atoms with van der Waals surface area (Å²) in [4.78, 5) is 21.1. The van der Waals surface area contributed by atoms with Gasteiger partial charge in [0, 0.05) is 46.9 Å². The van der Waals surface area contributed by atoms with Crippen LogP contribution in [0, 0.1) is 5.41 Å². The van der Waals surface area contributed by atoms with E-state index in [2.05, 4.69) is 36.3 Å². The molecule has 0 aromatic rings. The molecule has 3 N–H and O–H groups in total. The van der Waals surface area contributed by atoms with E-state index >= 15 is 0 Å². The quantitative estimate of drug-likeness (QED) is 0.158. The zero-order valence-electron chi connectivity index (χ0n) is 19.2. The number of nitrogens with one attached hydrogen (secondary N) is 2. The van der Waals surface area contributed by atoms with Crippen LogP contribution in [0.5, 0.6) is 0 Å². The number of likely N-dealkylation sites (N-methyl/N-ethyl adjacent to an activating group) is 1. The molecule has 0 saturated carbocycles. The summed E-state index contributed by atoms with van der Waals surface area (Å²) in [5.41, 5.74) is 0.0758. The van der Waals surface area contributed by atoms with Crippen LogP contribution in [0.15, 0.2) is 4.99 Å². The van der Waals surface area contributed by atoms with Gasteiger partial charge in [-0.3, -0.25) is 14.7 Å². The minimum Gasteiger partial charge on any atom is -0.396 e. The molecule has 29 heavy (non-hydrogen) atoms. The Balaban J connectivity index is 0.00000784. The molecule has 1 fully saturated rings. The van der Waals surface area contributed by atoms with Crippen LogP contribution in [0.4, 0.5) is 0 Å². The van der Waals surface area contributed by atoms with Crippen molar-refractivity contribution in [3.8, 4) is 0 Å². The van der Waals surface area contributed by atoms with Gasteiger partial charge in [0.25, 0.3) is 0 Å². The number of aliphatic hydroxyl groups excluding tert-OH is 1. The topological polar surface area (TPSA) is 80.2 Å². The highest BCUT2D eigenvalue weighted by Crippen LogP contribution is 2.30. The number of halogens is 1. The fourth-order valence-electron chi connectivity index (χ4n) is 3.89. The largest absolute Gasteiger partial charge is 0.396 e. The smallest absolute Gasteiger partial charge is 0.239 e. The molecule has 0 bridgehead atoms. The van der Waals surface area contributed by atoms with Gasteiger partial charge in [-0.05, 0) is 57.4 Å². The number of hydrogen-bond donors (Lipinski definition) is 3. The molecule has 0 aliphatic carbocycles. The van der Waals surface area contributed by atoms with Crippen LogP contribution in [0.1, 0.15) is 59.3 Å². The lowest BCUT2D eigenvalue weighted by Gasteiger charge is -2.29. The molecule has 1 saturated heterocycles. The molecule has 172 valence electrons. The Bertz CT molecular complexity index is 484. The second kappa shape index (κ2) is 15.2. The van der Waals surface area contributed by atoms with Gasteiger partial charge in [0.2, 0.25) is 5.91 Å². The molecular formula is C21H44IN5O2. The summed E-state index contributed by atoms with van der Waals surface area (Å²) in [6.07, 6.45) is 5.87. The average Bonchev–Trinajstić information content (AvgIpc) is 3.15. The Hall–Kier alpha value is -0.610. The van der Waals surface area contributed by atoms with Gasteiger partial charge in [-0.25, -0.2) is 0 Å². The lowest BCUT2D eigenvalue weighted by Crippen LogP contribution is -2.44. The van der Waals surface area contributed by atoms with E-state index in [-0.39, 0.29) is 47.9 Å². The Morgan fingerprint density at radius 1 is 1.24 bits per heavy atom. The first kappa shape index (κ1) is 28.4. The van der Waals surface area contributed by atoms with Gasteiger partial charge in [-0.1, -0.05) is 13.8 Å². The fourth-order valence-corrected chi connectivity index (χ4v) is 3.89. The number of nitrogens with zero attached hydrogens (tertiary/aromatic N) is 3. The molecule has 1 rings (SSSR count). The minimum atomic E-state index is 0. The van der Waals surface area contributed by atoms with E-state index in [1.807, 2.05) is 14.1 Å². The SMILES string of the molecule is CCNC(=NCC(CC)(CC)CCO)NCCCN1CCCC1C(=O)N(C)C.I. The second-order valence-corrected chi connectivity index (χ2v) is 8.08. The minimum absolute atomic E-state index is 0. The highest BCUT2D eigenvalue weighted by atomic mass is 127. The van der Waals surface area contributed by atoms with Crippen molar-refractivity contribution in [1.82, 2.24) is 20.4 Å². The van der Waals surface area contributed by atoms with Crippen molar-refractivity contribution >= 4 is 35.8 Å². The van der Waals surface area contributed by atoms with Crippen molar-refractivity contribution < 1.29 is 9.90 Å². The molecule has 0 aromatic carbocycles. The maximum Gasteiger partial charge on any atom is 0.239 e. The molecule has 1 aliphatic rings. The van der Waals surface area contributed by atoms with Crippen LogP contribution < -0.4 is 10.6 Å². The van der Waals surface area contributed by atoms with E-state index in [9.17, 15) is 9.90 Å². The predicted molar refractivity (Wildman–Crippen MR) is 132 cm³/mol. The first-order valence-corrected chi connectivity index (χ1v) is 11.0. The van der Waals surface area contributed by atoms with Gasteiger partial charge in [0.1, 0.15) is 0 Å². The van der Waals surface area contributed by atoms with Crippen molar-refractivity contribution in [3.05, 3.63) is 0 Å². The van der Waals surface area contributed by atoms with Crippen LogP contribution in [0.25, 0.3) is 0 Å². The molecule has 1 aliphatic heterocycles. The van der Waals surface area contributed by atoms with Gasteiger partial charge in [-0.15, -0.1) is 24.0 Å². The summed E-state index contributed by atoms with van der Waals surface area (Å²) in [7, 11) is 3.67. The number of rotatable bonds is 12. The number of amides is 1. The summed E-state index contributed by atoms with van der Waals surface area (Å²) >= 11 is 0. The highest BCUT2D eigenvalue weighted by Gasteiger charge is 2.31. The van der Waals surface area contributed by atoms with E-state index in [1.165, 1.54) is 0 Å². The Labute approximate surface area is 195 Å². The third-order valence-electron chi connectivity index (χ3n) is 6.06. The summed E-state index contributed by atoms with van der Waals surface area (Å²) in [6, 6.07) is 0.0464. The van der Waals surface area contributed by atoms with E-state index < -0.39 is 0 Å². The summed E-state index contributed by atoms with van der Waals surface area (Å²) in [5, 5.41) is 16.1. The molecule has 1 atom stereocenters. The number of guanidine groups is 1. The number of aliphatic hydroxyl groups is 1. The maximum absolute atomic E-state index is 12.3. The molecule has 0 radical (unpaired) electrons. The molecule has 1 amide bonds. The molecule has 0 spiro atoms. The number of carbonyl (C=O) groups is 1. The fraction of sp³-hybridized carbons (Fsp3) is 0.905. The van der Waals surface area contributed by atoms with E-state index in [1.54, 1.807) is 4.90 Å². The Morgan fingerprint density at radius 3 is 2.48 bits per heavy atom. The first-order chi connectivity index (χ1) is 13.4. The zero-order valence-corrected chi connectivity index (χ0v) is 21.5. The molecule has 8 heteroatoms. The standard InChI is InChI=1S/C21H43N5O2.HI/c1-6-21(7-2,12-16-27)17-24-20(22-8-3)23-13-10-15-26-14-9-11-18(26)19(28)25(4)5;/h18,27H,6-17H2,1-5H3,(H2,22,23,24);1H. The molecule has 1 heterocycles. The van der Waals surface area contributed by atoms with Gasteiger partial charge >= 0.3 is 0 Å². The molecule has 0 aromatic heterocycles. The number of hydrogen-bond acceptors (Lipinski definition) is 4. The zero-order chi connectivity index (χ0) is 21.0.